The Labute approximate surface area is 131 Å². The Balaban J connectivity index is 1.51. The number of thiazole rings is 1. The number of piperidine rings is 1. The van der Waals surface area contributed by atoms with E-state index >= 15 is 0 Å². The lowest BCUT2D eigenvalue weighted by Crippen LogP contribution is -2.54. The van der Waals surface area contributed by atoms with Crippen molar-refractivity contribution in [3.63, 3.8) is 0 Å². The summed E-state index contributed by atoms with van der Waals surface area (Å²) in [5.41, 5.74) is 1.15. The SMILES string of the molecule is COCCNCc1csc(N2CCN3CCCCC3C2)n1. The summed E-state index contributed by atoms with van der Waals surface area (Å²) in [6, 6.07) is 0.750. The molecule has 6 heteroatoms. The molecule has 118 valence electrons. The van der Waals surface area contributed by atoms with Crippen LogP contribution in [-0.4, -0.2) is 62.4 Å². The highest BCUT2D eigenvalue weighted by molar-refractivity contribution is 7.13. The van der Waals surface area contributed by atoms with E-state index in [0.29, 0.717) is 0 Å². The third-order valence-corrected chi connectivity index (χ3v) is 5.39. The third kappa shape index (κ3) is 3.94. The fourth-order valence-electron chi connectivity index (χ4n) is 3.24. The summed E-state index contributed by atoms with van der Waals surface area (Å²) in [7, 11) is 1.73. The molecule has 1 unspecified atom stereocenters. The second kappa shape index (κ2) is 7.54. The Morgan fingerprint density at radius 2 is 2.33 bits per heavy atom. The molecule has 1 N–H and O–H groups in total. The quantitative estimate of drug-likeness (QED) is 0.808. The van der Waals surface area contributed by atoms with E-state index in [2.05, 4.69) is 20.5 Å². The van der Waals surface area contributed by atoms with Gasteiger partial charge >= 0.3 is 0 Å². The lowest BCUT2D eigenvalue weighted by molar-refractivity contribution is 0.133. The van der Waals surface area contributed by atoms with Gasteiger partial charge in [0, 0.05) is 51.3 Å². The first-order valence-electron chi connectivity index (χ1n) is 8.00. The van der Waals surface area contributed by atoms with Crippen molar-refractivity contribution in [1.29, 1.82) is 0 Å². The van der Waals surface area contributed by atoms with Gasteiger partial charge in [0.2, 0.25) is 0 Å². The van der Waals surface area contributed by atoms with Crippen LogP contribution in [0.5, 0.6) is 0 Å². The summed E-state index contributed by atoms with van der Waals surface area (Å²) in [4.78, 5) is 9.94. The molecule has 0 aromatic carbocycles. The number of hydrogen-bond donors (Lipinski definition) is 1. The van der Waals surface area contributed by atoms with Crippen LogP contribution in [0.4, 0.5) is 5.13 Å². The molecule has 0 bridgehead atoms. The minimum atomic E-state index is 0.750. The summed E-state index contributed by atoms with van der Waals surface area (Å²) in [5, 5.41) is 6.74. The molecular formula is C15H26N4OS. The van der Waals surface area contributed by atoms with Crippen LogP contribution < -0.4 is 10.2 Å². The van der Waals surface area contributed by atoms with E-state index in [0.717, 1.165) is 44.5 Å². The Morgan fingerprint density at radius 1 is 1.38 bits per heavy atom. The normalized spacial score (nSPS) is 23.3. The Bertz CT molecular complexity index is 439. The number of aromatic nitrogens is 1. The lowest BCUT2D eigenvalue weighted by Gasteiger charge is -2.44. The second-order valence-corrected chi connectivity index (χ2v) is 6.76. The average molecular weight is 310 g/mol. The monoisotopic (exact) mass is 310 g/mol. The first kappa shape index (κ1) is 15.2. The van der Waals surface area contributed by atoms with Crippen molar-refractivity contribution >= 4 is 16.5 Å². The Hall–Kier alpha value is -0.690. The van der Waals surface area contributed by atoms with Crippen molar-refractivity contribution in [2.24, 2.45) is 0 Å². The largest absolute Gasteiger partial charge is 0.383 e. The summed E-state index contributed by atoms with van der Waals surface area (Å²) in [6.45, 7) is 7.25. The number of nitrogens with zero attached hydrogens (tertiary/aromatic N) is 3. The Kier molecular flexibility index (Phi) is 5.46. The van der Waals surface area contributed by atoms with Gasteiger partial charge in [0.1, 0.15) is 0 Å². The highest BCUT2D eigenvalue weighted by atomic mass is 32.1. The van der Waals surface area contributed by atoms with E-state index in [1.807, 2.05) is 0 Å². The topological polar surface area (TPSA) is 40.6 Å². The molecule has 1 aromatic rings. The molecule has 0 radical (unpaired) electrons. The van der Waals surface area contributed by atoms with Gasteiger partial charge in [-0.05, 0) is 19.4 Å². The van der Waals surface area contributed by atoms with Crippen LogP contribution in [0, 0.1) is 0 Å². The number of fused-ring (bicyclic) bond motifs is 1. The smallest absolute Gasteiger partial charge is 0.185 e. The van der Waals surface area contributed by atoms with Crippen LogP contribution in [0.3, 0.4) is 0 Å². The maximum atomic E-state index is 5.04. The molecule has 0 amide bonds. The van der Waals surface area contributed by atoms with Gasteiger partial charge in [0.05, 0.1) is 12.3 Å². The molecule has 1 aromatic heterocycles. The van der Waals surface area contributed by atoms with Gasteiger partial charge in [-0.3, -0.25) is 4.90 Å². The van der Waals surface area contributed by atoms with Crippen LogP contribution in [0.2, 0.25) is 0 Å². The van der Waals surface area contributed by atoms with Gasteiger partial charge in [0.25, 0.3) is 0 Å². The maximum absolute atomic E-state index is 5.04. The first-order chi connectivity index (χ1) is 10.4. The van der Waals surface area contributed by atoms with E-state index in [9.17, 15) is 0 Å². The van der Waals surface area contributed by atoms with E-state index < -0.39 is 0 Å². The summed E-state index contributed by atoms with van der Waals surface area (Å²) in [5.74, 6) is 0. The lowest BCUT2D eigenvalue weighted by atomic mass is 10.00. The van der Waals surface area contributed by atoms with Crippen LogP contribution >= 0.6 is 11.3 Å². The van der Waals surface area contributed by atoms with Gasteiger partial charge < -0.3 is 15.0 Å². The molecule has 1 atom stereocenters. The molecule has 5 nitrogen and oxygen atoms in total. The molecule has 2 aliphatic heterocycles. The molecule has 21 heavy (non-hydrogen) atoms. The van der Waals surface area contributed by atoms with Gasteiger partial charge in [0.15, 0.2) is 5.13 Å². The number of methoxy groups -OCH3 is 1. The molecule has 3 rings (SSSR count). The molecule has 2 fully saturated rings. The molecule has 0 spiro atoms. The van der Waals surface area contributed by atoms with Crippen molar-refractivity contribution in [2.45, 2.75) is 31.8 Å². The fourth-order valence-corrected chi connectivity index (χ4v) is 4.11. The summed E-state index contributed by atoms with van der Waals surface area (Å²) < 4.78 is 5.04. The van der Waals surface area contributed by atoms with Gasteiger partial charge in [-0.1, -0.05) is 6.42 Å². The standard InChI is InChI=1S/C15H26N4OS/c1-20-9-5-16-10-13-12-21-15(17-13)19-8-7-18-6-3-2-4-14(18)11-19/h12,14,16H,2-11H2,1H3. The highest BCUT2D eigenvalue weighted by Crippen LogP contribution is 2.27. The van der Waals surface area contributed by atoms with Crippen LogP contribution in [0.25, 0.3) is 0 Å². The number of rotatable bonds is 6. The van der Waals surface area contributed by atoms with E-state index in [1.54, 1.807) is 18.4 Å². The molecule has 3 heterocycles. The van der Waals surface area contributed by atoms with Gasteiger partial charge in [-0.15, -0.1) is 11.3 Å². The fraction of sp³-hybridized carbons (Fsp3) is 0.800. The second-order valence-electron chi connectivity index (χ2n) is 5.92. The van der Waals surface area contributed by atoms with Crippen molar-refractivity contribution in [3.05, 3.63) is 11.1 Å². The zero-order chi connectivity index (χ0) is 14.5. The number of anilines is 1. The predicted octanol–water partition coefficient (Wildman–Crippen LogP) is 1.55. The predicted molar refractivity (Wildman–Crippen MR) is 87.1 cm³/mol. The minimum absolute atomic E-state index is 0.750. The number of nitrogens with one attached hydrogen (secondary N) is 1. The third-order valence-electron chi connectivity index (χ3n) is 4.44. The van der Waals surface area contributed by atoms with E-state index in [1.165, 1.54) is 37.5 Å². The van der Waals surface area contributed by atoms with E-state index in [4.69, 9.17) is 9.72 Å². The molecule has 0 saturated carbocycles. The number of piperazine rings is 1. The van der Waals surface area contributed by atoms with Crippen LogP contribution in [0.1, 0.15) is 25.0 Å². The zero-order valence-electron chi connectivity index (χ0n) is 12.9. The molecule has 2 aliphatic rings. The first-order valence-corrected chi connectivity index (χ1v) is 8.88. The van der Waals surface area contributed by atoms with Crippen molar-refractivity contribution in [3.8, 4) is 0 Å². The Morgan fingerprint density at radius 3 is 3.24 bits per heavy atom. The molecular weight excluding hydrogens is 284 g/mol. The maximum Gasteiger partial charge on any atom is 0.185 e. The average Bonchev–Trinajstić information content (AvgIpc) is 3.00. The zero-order valence-corrected chi connectivity index (χ0v) is 13.7. The van der Waals surface area contributed by atoms with Gasteiger partial charge in [-0.2, -0.15) is 0 Å². The molecule has 0 aliphatic carbocycles. The van der Waals surface area contributed by atoms with Crippen molar-refractivity contribution in [1.82, 2.24) is 15.2 Å². The van der Waals surface area contributed by atoms with Crippen molar-refractivity contribution in [2.75, 3.05) is 51.3 Å². The summed E-state index contributed by atoms with van der Waals surface area (Å²) >= 11 is 1.78. The van der Waals surface area contributed by atoms with E-state index in [-0.39, 0.29) is 0 Å². The highest BCUT2D eigenvalue weighted by Gasteiger charge is 2.29. The number of hydrogen-bond acceptors (Lipinski definition) is 6. The molecule has 2 saturated heterocycles. The van der Waals surface area contributed by atoms with Crippen molar-refractivity contribution < 1.29 is 4.74 Å². The van der Waals surface area contributed by atoms with Crippen LogP contribution in [0.15, 0.2) is 5.38 Å². The van der Waals surface area contributed by atoms with Gasteiger partial charge in [-0.25, -0.2) is 4.98 Å². The minimum Gasteiger partial charge on any atom is -0.383 e. The summed E-state index contributed by atoms with van der Waals surface area (Å²) in [6.07, 6.45) is 4.12. The number of ether oxygens (including phenoxy) is 1. The van der Waals surface area contributed by atoms with Crippen LogP contribution in [-0.2, 0) is 11.3 Å².